The number of hydrogen-bond acceptors (Lipinski definition) is 7. The molecule has 0 unspecified atom stereocenters. The smallest absolute Gasteiger partial charge is 0.291 e. The summed E-state index contributed by atoms with van der Waals surface area (Å²) in [7, 11) is 2.08. The van der Waals surface area contributed by atoms with Crippen LogP contribution in [0.1, 0.15) is 43.2 Å². The number of ether oxygens (including phenoxy) is 2. The molecule has 1 aliphatic heterocycles. The second kappa shape index (κ2) is 13.3. The van der Waals surface area contributed by atoms with E-state index in [1.165, 1.54) is 0 Å². The van der Waals surface area contributed by atoms with Crippen LogP contribution in [0.15, 0.2) is 94.1 Å². The van der Waals surface area contributed by atoms with Gasteiger partial charge in [0.15, 0.2) is 22.7 Å². The molecule has 1 aromatic heterocycles. The lowest BCUT2D eigenvalue weighted by Crippen LogP contribution is -2.21. The Morgan fingerprint density at radius 2 is 1.50 bits per heavy atom. The van der Waals surface area contributed by atoms with Gasteiger partial charge in [0.05, 0.1) is 16.6 Å². The minimum atomic E-state index is -0.622. The van der Waals surface area contributed by atoms with Gasteiger partial charge in [0.25, 0.3) is 11.8 Å². The Morgan fingerprint density at radius 3 is 2.30 bits per heavy atom. The number of rotatable bonds is 9. The van der Waals surface area contributed by atoms with Crippen molar-refractivity contribution in [1.82, 2.24) is 4.90 Å². The van der Waals surface area contributed by atoms with E-state index < -0.39 is 5.91 Å². The van der Waals surface area contributed by atoms with E-state index in [1.54, 1.807) is 36.4 Å². The van der Waals surface area contributed by atoms with Gasteiger partial charge in [0, 0.05) is 24.8 Å². The summed E-state index contributed by atoms with van der Waals surface area (Å²) in [4.78, 5) is 41.4. The van der Waals surface area contributed by atoms with Crippen LogP contribution in [-0.4, -0.2) is 43.5 Å². The molecule has 0 spiro atoms. The van der Waals surface area contributed by atoms with Crippen molar-refractivity contribution >= 4 is 34.2 Å². The van der Waals surface area contributed by atoms with E-state index in [4.69, 9.17) is 13.9 Å². The van der Waals surface area contributed by atoms with E-state index >= 15 is 0 Å². The molecular formula is C37H35N3O6. The zero-order chi connectivity index (χ0) is 32.2. The van der Waals surface area contributed by atoms with Crippen LogP contribution in [0, 0.1) is 13.8 Å². The summed E-state index contributed by atoms with van der Waals surface area (Å²) in [5, 5.41) is 6.11. The predicted octanol–water partition coefficient (Wildman–Crippen LogP) is 6.36. The lowest BCUT2D eigenvalue weighted by atomic mass is 10.0. The number of nitrogens with one attached hydrogen (secondary N) is 2. The van der Waals surface area contributed by atoms with Gasteiger partial charge in [-0.3, -0.25) is 14.4 Å². The molecule has 0 saturated heterocycles. The Labute approximate surface area is 266 Å². The Bertz CT molecular complexity index is 1980. The summed E-state index contributed by atoms with van der Waals surface area (Å²) in [5.74, 6) is 0.456. The first-order valence-electron chi connectivity index (χ1n) is 15.2. The van der Waals surface area contributed by atoms with Gasteiger partial charge in [-0.15, -0.1) is 0 Å². The minimum Gasteiger partial charge on any atom is -0.486 e. The van der Waals surface area contributed by atoms with E-state index in [-0.39, 0.29) is 17.1 Å². The zero-order valence-corrected chi connectivity index (χ0v) is 26.0. The molecule has 234 valence electrons. The first-order chi connectivity index (χ1) is 22.2. The Hall–Kier alpha value is -5.41. The summed E-state index contributed by atoms with van der Waals surface area (Å²) < 4.78 is 17.0. The molecule has 9 nitrogen and oxygen atoms in total. The van der Waals surface area contributed by atoms with Gasteiger partial charge in [0.2, 0.25) is 0 Å². The maximum absolute atomic E-state index is 13.4. The SMILES string of the molecule is Cc1cc(NC(=O)c2cc(=O)c3ccccc3o2)c(C(=O)Nc2ccc(CCN(C)Cc3ccc4c(c3)OCCO4)cc2)cc1C. The molecule has 2 N–H and O–H groups in total. The number of carbonyl (C=O) groups is 2. The highest BCUT2D eigenvalue weighted by Gasteiger charge is 2.19. The van der Waals surface area contributed by atoms with Gasteiger partial charge >= 0.3 is 0 Å². The summed E-state index contributed by atoms with van der Waals surface area (Å²) in [6.07, 6.45) is 0.841. The van der Waals surface area contributed by atoms with Crippen molar-refractivity contribution in [3.8, 4) is 11.5 Å². The molecule has 0 radical (unpaired) electrons. The van der Waals surface area contributed by atoms with Gasteiger partial charge in [-0.25, -0.2) is 0 Å². The molecule has 0 aliphatic carbocycles. The quantitative estimate of drug-likeness (QED) is 0.198. The minimum absolute atomic E-state index is 0.138. The number of anilines is 2. The zero-order valence-electron chi connectivity index (χ0n) is 26.0. The van der Waals surface area contributed by atoms with E-state index in [0.29, 0.717) is 41.1 Å². The van der Waals surface area contributed by atoms with Gasteiger partial charge < -0.3 is 29.4 Å². The van der Waals surface area contributed by atoms with Crippen LogP contribution in [0.4, 0.5) is 11.4 Å². The van der Waals surface area contributed by atoms with Crippen molar-refractivity contribution in [2.75, 3.05) is 37.4 Å². The molecule has 9 heteroatoms. The van der Waals surface area contributed by atoms with Crippen LogP contribution in [0.3, 0.4) is 0 Å². The number of para-hydroxylation sites is 1. The number of fused-ring (bicyclic) bond motifs is 2. The van der Waals surface area contributed by atoms with Crippen molar-refractivity contribution < 1.29 is 23.5 Å². The predicted molar refractivity (Wildman–Crippen MR) is 178 cm³/mol. The van der Waals surface area contributed by atoms with E-state index in [1.807, 2.05) is 50.2 Å². The topological polar surface area (TPSA) is 110 Å². The number of nitrogens with zero attached hydrogens (tertiary/aromatic N) is 1. The maximum Gasteiger partial charge on any atom is 0.291 e. The van der Waals surface area contributed by atoms with E-state index in [2.05, 4.69) is 28.6 Å². The summed E-state index contributed by atoms with van der Waals surface area (Å²) in [6, 6.07) is 25.2. The fourth-order valence-corrected chi connectivity index (χ4v) is 5.36. The van der Waals surface area contributed by atoms with Crippen molar-refractivity contribution in [2.24, 2.45) is 0 Å². The lowest BCUT2D eigenvalue weighted by Gasteiger charge is -2.21. The first-order valence-corrected chi connectivity index (χ1v) is 15.2. The summed E-state index contributed by atoms with van der Waals surface area (Å²) in [5.41, 5.74) is 5.34. The molecule has 0 saturated carbocycles. The largest absolute Gasteiger partial charge is 0.486 e. The Balaban J connectivity index is 1.09. The first kappa shape index (κ1) is 30.6. The molecule has 0 bridgehead atoms. The second-order valence-electron chi connectivity index (χ2n) is 11.5. The van der Waals surface area contributed by atoms with Gasteiger partial charge in [0.1, 0.15) is 18.8 Å². The van der Waals surface area contributed by atoms with Crippen LogP contribution in [0.5, 0.6) is 11.5 Å². The van der Waals surface area contributed by atoms with Gasteiger partial charge in [-0.05, 0) is 98.1 Å². The van der Waals surface area contributed by atoms with Gasteiger partial charge in [-0.1, -0.05) is 30.3 Å². The molecule has 0 fully saturated rings. The van der Waals surface area contributed by atoms with Crippen molar-refractivity contribution in [2.45, 2.75) is 26.8 Å². The molecule has 5 aromatic rings. The average Bonchev–Trinajstić information content (AvgIpc) is 3.06. The maximum atomic E-state index is 13.4. The number of hydrogen-bond donors (Lipinski definition) is 2. The molecule has 2 heterocycles. The fraction of sp³-hybridized carbons (Fsp3) is 0.216. The highest BCUT2D eigenvalue weighted by Crippen LogP contribution is 2.31. The molecule has 4 aromatic carbocycles. The van der Waals surface area contributed by atoms with Crippen LogP contribution >= 0.6 is 0 Å². The standard InChI is InChI=1S/C37H35N3O6/c1-23-18-29(30(19-24(23)2)39-37(43)35-21-31(41)28-6-4-5-7-32(28)46-35)36(42)38-27-11-8-25(9-12-27)14-15-40(3)22-26-10-13-33-34(20-26)45-17-16-44-33/h4-13,18-21H,14-17,22H2,1-3H3,(H,38,42)(H,39,43). The van der Waals surface area contributed by atoms with Crippen LogP contribution in [0.25, 0.3) is 11.0 Å². The number of aryl methyl sites for hydroxylation is 2. The number of likely N-dealkylation sites (N-methyl/N-ethyl adjacent to an activating group) is 1. The number of amides is 2. The molecule has 6 rings (SSSR count). The van der Waals surface area contributed by atoms with E-state index in [0.717, 1.165) is 59.3 Å². The Morgan fingerprint density at radius 1 is 0.783 bits per heavy atom. The highest BCUT2D eigenvalue weighted by atomic mass is 16.6. The van der Waals surface area contributed by atoms with Crippen molar-refractivity contribution in [3.63, 3.8) is 0 Å². The van der Waals surface area contributed by atoms with Crippen LogP contribution in [-0.2, 0) is 13.0 Å². The molecular weight excluding hydrogens is 582 g/mol. The van der Waals surface area contributed by atoms with Crippen molar-refractivity contribution in [3.05, 3.63) is 129 Å². The highest BCUT2D eigenvalue weighted by molar-refractivity contribution is 6.12. The molecule has 0 atom stereocenters. The number of benzene rings is 4. The molecule has 46 heavy (non-hydrogen) atoms. The summed E-state index contributed by atoms with van der Waals surface area (Å²) in [6.45, 7) is 6.58. The normalized spacial score (nSPS) is 12.3. The lowest BCUT2D eigenvalue weighted by molar-refractivity contribution is 0.0997. The second-order valence-corrected chi connectivity index (χ2v) is 11.5. The third-order valence-corrected chi connectivity index (χ3v) is 8.04. The average molecular weight is 618 g/mol. The van der Waals surface area contributed by atoms with E-state index in [9.17, 15) is 14.4 Å². The third kappa shape index (κ3) is 6.95. The molecule has 2 amide bonds. The van der Waals surface area contributed by atoms with Gasteiger partial charge in [-0.2, -0.15) is 0 Å². The third-order valence-electron chi connectivity index (χ3n) is 8.04. The fourth-order valence-electron chi connectivity index (χ4n) is 5.36. The monoisotopic (exact) mass is 617 g/mol. The summed E-state index contributed by atoms with van der Waals surface area (Å²) >= 11 is 0. The van der Waals surface area contributed by atoms with Crippen LogP contribution < -0.4 is 25.5 Å². The van der Waals surface area contributed by atoms with Crippen LogP contribution in [0.2, 0.25) is 0 Å². The number of carbonyl (C=O) groups excluding carboxylic acids is 2. The van der Waals surface area contributed by atoms with Crippen molar-refractivity contribution in [1.29, 1.82) is 0 Å². The Kier molecular flexibility index (Phi) is 8.85. The molecule has 1 aliphatic rings.